The van der Waals surface area contributed by atoms with Gasteiger partial charge in [0.05, 0.1) is 37.9 Å². The van der Waals surface area contributed by atoms with Crippen molar-refractivity contribution < 1.29 is 26.7 Å². The summed E-state index contributed by atoms with van der Waals surface area (Å²) >= 11 is 6.29. The number of pyridine rings is 1. The standard InChI is InChI=1S/C26H26ClF5N6O/c27-18-1-3-20-16(9-18)10-36(14-26(31,32)17-12-39-13-17)11-22-34-35-25(38(20)22)15-5-7-37(8-6-15)21-4-2-19(28)23(33-21)24(29)30/h1-4,9,15,17,24H,5-8,10-14H2. The maximum absolute atomic E-state index is 14.9. The zero-order valence-corrected chi connectivity index (χ0v) is 21.6. The molecule has 39 heavy (non-hydrogen) atoms. The summed E-state index contributed by atoms with van der Waals surface area (Å²) < 4.78 is 76.8. The van der Waals surface area contributed by atoms with Gasteiger partial charge in [-0.15, -0.1) is 10.2 Å². The maximum atomic E-state index is 14.9. The Morgan fingerprint density at radius 2 is 1.82 bits per heavy atom. The molecule has 1 aromatic carbocycles. The van der Waals surface area contributed by atoms with Gasteiger partial charge in [-0.25, -0.2) is 26.9 Å². The average molecular weight is 569 g/mol. The molecule has 0 atom stereocenters. The zero-order valence-electron chi connectivity index (χ0n) is 20.8. The van der Waals surface area contributed by atoms with Crippen LogP contribution in [0.4, 0.5) is 27.8 Å². The molecule has 0 saturated carbocycles. The molecular formula is C26H26ClF5N6O. The van der Waals surface area contributed by atoms with Gasteiger partial charge in [0.25, 0.3) is 12.3 Å². The quantitative estimate of drug-likeness (QED) is 0.373. The van der Waals surface area contributed by atoms with E-state index >= 15 is 0 Å². The SMILES string of the molecule is Fc1ccc(N2CCC(c3nnc4n3-c3ccc(Cl)cc3CN(CC(F)(F)C3COC3)C4)CC2)nc1C(F)F. The van der Waals surface area contributed by atoms with E-state index in [-0.39, 0.29) is 32.2 Å². The third-order valence-electron chi connectivity index (χ3n) is 7.72. The van der Waals surface area contributed by atoms with E-state index in [2.05, 4.69) is 15.2 Å². The van der Waals surface area contributed by atoms with Gasteiger partial charge >= 0.3 is 0 Å². The van der Waals surface area contributed by atoms with E-state index in [9.17, 15) is 22.0 Å². The molecule has 0 aliphatic carbocycles. The Morgan fingerprint density at radius 3 is 2.51 bits per heavy atom. The van der Waals surface area contributed by atoms with Crippen molar-refractivity contribution >= 4 is 17.4 Å². The molecule has 0 unspecified atom stereocenters. The summed E-state index contributed by atoms with van der Waals surface area (Å²) in [5.41, 5.74) is 0.750. The number of hydrogen-bond donors (Lipinski definition) is 0. The van der Waals surface area contributed by atoms with E-state index in [0.29, 0.717) is 42.6 Å². The third-order valence-corrected chi connectivity index (χ3v) is 7.95. The molecule has 3 aliphatic rings. The van der Waals surface area contributed by atoms with Crippen LogP contribution in [0.1, 0.15) is 48.1 Å². The highest BCUT2D eigenvalue weighted by molar-refractivity contribution is 6.30. The second-order valence-corrected chi connectivity index (χ2v) is 10.8. The second kappa shape index (κ2) is 10.3. The van der Waals surface area contributed by atoms with Crippen LogP contribution < -0.4 is 4.90 Å². The lowest BCUT2D eigenvalue weighted by Gasteiger charge is -2.36. The van der Waals surface area contributed by atoms with Gasteiger partial charge in [0.1, 0.15) is 17.3 Å². The third kappa shape index (κ3) is 5.09. The van der Waals surface area contributed by atoms with Gasteiger partial charge < -0.3 is 9.64 Å². The largest absolute Gasteiger partial charge is 0.380 e. The number of nitrogens with zero attached hydrogens (tertiary/aromatic N) is 6. The number of benzene rings is 1. The van der Waals surface area contributed by atoms with Crippen molar-refractivity contribution in [2.45, 2.75) is 44.2 Å². The van der Waals surface area contributed by atoms with Crippen LogP contribution in [-0.4, -0.2) is 63.4 Å². The van der Waals surface area contributed by atoms with E-state index in [0.717, 1.165) is 23.1 Å². The van der Waals surface area contributed by atoms with E-state index in [4.69, 9.17) is 16.3 Å². The van der Waals surface area contributed by atoms with Crippen molar-refractivity contribution in [2.75, 3.05) is 37.7 Å². The van der Waals surface area contributed by atoms with Crippen molar-refractivity contribution in [2.24, 2.45) is 5.92 Å². The molecule has 6 rings (SSSR count). The van der Waals surface area contributed by atoms with Crippen LogP contribution in [-0.2, 0) is 17.8 Å². The molecule has 208 valence electrons. The number of alkyl halides is 4. The summed E-state index contributed by atoms with van der Waals surface area (Å²) in [6.07, 6.45) is -1.73. The molecule has 5 heterocycles. The summed E-state index contributed by atoms with van der Waals surface area (Å²) in [6.45, 7) is 1.16. The minimum absolute atomic E-state index is 0.0128. The van der Waals surface area contributed by atoms with Crippen LogP contribution in [0.5, 0.6) is 0 Å². The molecule has 3 aromatic rings. The Labute approximate surface area is 226 Å². The topological polar surface area (TPSA) is 59.3 Å². The molecule has 13 heteroatoms. The lowest BCUT2D eigenvalue weighted by molar-refractivity contribution is -0.179. The lowest BCUT2D eigenvalue weighted by atomic mass is 9.95. The Hall–Kier alpha value is -2.83. The Kier molecular flexibility index (Phi) is 6.96. The molecule has 2 saturated heterocycles. The first kappa shape index (κ1) is 26.4. The number of aromatic nitrogens is 4. The number of hydrogen-bond acceptors (Lipinski definition) is 6. The predicted octanol–water partition coefficient (Wildman–Crippen LogP) is 5.37. The second-order valence-electron chi connectivity index (χ2n) is 10.3. The number of piperidine rings is 1. The highest BCUT2D eigenvalue weighted by Crippen LogP contribution is 2.37. The van der Waals surface area contributed by atoms with Crippen LogP contribution in [0.3, 0.4) is 0 Å². The highest BCUT2D eigenvalue weighted by Gasteiger charge is 2.46. The van der Waals surface area contributed by atoms with Crippen LogP contribution in [0.25, 0.3) is 5.69 Å². The maximum Gasteiger partial charge on any atom is 0.283 e. The Bertz CT molecular complexity index is 1360. The normalized spacial score (nSPS) is 19.1. The van der Waals surface area contributed by atoms with E-state index in [1.54, 1.807) is 17.0 Å². The van der Waals surface area contributed by atoms with Gasteiger partial charge in [0.2, 0.25) is 0 Å². The monoisotopic (exact) mass is 568 g/mol. The van der Waals surface area contributed by atoms with E-state index in [1.165, 1.54) is 6.07 Å². The van der Waals surface area contributed by atoms with Crippen LogP contribution in [0.2, 0.25) is 5.02 Å². The average Bonchev–Trinajstić information content (AvgIpc) is 3.19. The van der Waals surface area contributed by atoms with E-state index in [1.807, 2.05) is 15.5 Å². The molecule has 2 fully saturated rings. The smallest absolute Gasteiger partial charge is 0.283 e. The summed E-state index contributed by atoms with van der Waals surface area (Å²) in [4.78, 5) is 7.37. The summed E-state index contributed by atoms with van der Waals surface area (Å²) in [7, 11) is 0. The van der Waals surface area contributed by atoms with Crippen molar-refractivity contribution in [1.29, 1.82) is 0 Å². The summed E-state index contributed by atoms with van der Waals surface area (Å²) in [5, 5.41) is 9.40. The molecule has 2 aromatic heterocycles. The van der Waals surface area contributed by atoms with Gasteiger partial charge in [-0.1, -0.05) is 11.6 Å². The highest BCUT2D eigenvalue weighted by atomic mass is 35.5. The van der Waals surface area contributed by atoms with Crippen LogP contribution in [0, 0.1) is 11.7 Å². The van der Waals surface area contributed by atoms with Gasteiger partial charge in [0, 0.05) is 30.6 Å². The number of anilines is 1. The van der Waals surface area contributed by atoms with Gasteiger partial charge in [-0.3, -0.25) is 9.47 Å². The summed E-state index contributed by atoms with van der Waals surface area (Å²) in [5.74, 6) is -3.15. The van der Waals surface area contributed by atoms with Crippen molar-refractivity contribution in [3.05, 3.63) is 64.1 Å². The lowest BCUT2D eigenvalue weighted by Crippen LogP contribution is -2.49. The van der Waals surface area contributed by atoms with Crippen LogP contribution in [0.15, 0.2) is 30.3 Å². The zero-order chi connectivity index (χ0) is 27.3. The van der Waals surface area contributed by atoms with Gasteiger partial charge in [0.15, 0.2) is 11.6 Å². The molecule has 0 spiro atoms. The summed E-state index contributed by atoms with van der Waals surface area (Å²) in [6, 6.07) is 7.83. The molecule has 3 aliphatic heterocycles. The minimum atomic E-state index is -3.00. The fourth-order valence-corrected chi connectivity index (χ4v) is 5.71. The number of ether oxygens (including phenoxy) is 1. The van der Waals surface area contributed by atoms with Gasteiger partial charge in [-0.05, 0) is 48.7 Å². The van der Waals surface area contributed by atoms with Gasteiger partial charge in [-0.2, -0.15) is 0 Å². The Morgan fingerprint density at radius 1 is 1.05 bits per heavy atom. The first-order valence-corrected chi connectivity index (χ1v) is 13.2. The molecule has 0 amide bonds. The number of fused-ring (bicyclic) bond motifs is 3. The van der Waals surface area contributed by atoms with E-state index < -0.39 is 36.3 Å². The predicted molar refractivity (Wildman–Crippen MR) is 133 cm³/mol. The fourth-order valence-electron chi connectivity index (χ4n) is 5.52. The molecular weight excluding hydrogens is 543 g/mol. The van der Waals surface area contributed by atoms with Crippen molar-refractivity contribution in [3.63, 3.8) is 0 Å². The number of rotatable bonds is 6. The Balaban J connectivity index is 1.25. The fraction of sp³-hybridized carbons (Fsp3) is 0.500. The number of halogens is 6. The molecule has 0 radical (unpaired) electrons. The van der Waals surface area contributed by atoms with Crippen LogP contribution >= 0.6 is 11.6 Å². The minimum Gasteiger partial charge on any atom is -0.380 e. The molecule has 0 bridgehead atoms. The van der Waals surface area contributed by atoms with Crippen molar-refractivity contribution in [1.82, 2.24) is 24.6 Å². The first-order valence-electron chi connectivity index (χ1n) is 12.8. The molecule has 7 nitrogen and oxygen atoms in total. The first-order chi connectivity index (χ1) is 18.7. The van der Waals surface area contributed by atoms with Crippen molar-refractivity contribution in [3.8, 4) is 5.69 Å². The molecule has 0 N–H and O–H groups in total.